The first-order chi connectivity index (χ1) is 23.9. The predicted octanol–water partition coefficient (Wildman–Crippen LogP) is 6.37. The number of alkyl carbamates (subject to hydrolysis) is 1. The number of rotatable bonds is 19. The number of ether oxygens (including phenoxy) is 2. The molecule has 1 unspecified atom stereocenters. The van der Waals surface area contributed by atoms with E-state index in [1.807, 2.05) is 41.8 Å². The third kappa shape index (κ3) is 12.1. The van der Waals surface area contributed by atoms with Crippen molar-refractivity contribution in [3.8, 4) is 5.75 Å². The molecule has 0 radical (unpaired) electrons. The second kappa shape index (κ2) is 20.2. The molecule has 17 heteroatoms. The molecule has 0 saturated heterocycles. The fourth-order valence-corrected chi connectivity index (χ4v) is 5.99. The number of thiazole rings is 1. The summed E-state index contributed by atoms with van der Waals surface area (Å²) < 4.78 is 79.2. The summed E-state index contributed by atoms with van der Waals surface area (Å²) in [7, 11) is 5.54. The Kier molecular flexibility index (Phi) is 17.2. The Labute approximate surface area is 299 Å². The van der Waals surface area contributed by atoms with Gasteiger partial charge >= 0.3 is 12.1 Å². The van der Waals surface area contributed by atoms with Gasteiger partial charge in [0, 0.05) is 37.9 Å². The maximum Gasteiger partial charge on any atom is 0.407 e. The van der Waals surface area contributed by atoms with E-state index in [2.05, 4.69) is 25.3 Å². The molecule has 1 aromatic heterocycles. The standard InChI is InChI=1S/C34H48F5N5O6S/c1-9-19(5)29(42-23(45)14-12-11-13-15-43(6)7)32(46)44(8)21(18(3)4)16-22(49-34(48)40-10-2)31-41-20(17-51-31)33(47)50-30-27(38)25(36)24(35)26(37)28(30)39/h17-19,21-22,29H,9-16H2,1-8H3,(H,40,48)(H,42,45)/t19-,21?,22+,29-/m0/s1. The molecule has 2 rings (SSSR count). The van der Waals surface area contributed by atoms with Crippen LogP contribution >= 0.6 is 11.3 Å². The van der Waals surface area contributed by atoms with Gasteiger partial charge in [0.2, 0.25) is 46.6 Å². The van der Waals surface area contributed by atoms with Crippen molar-refractivity contribution in [1.29, 1.82) is 0 Å². The van der Waals surface area contributed by atoms with Gasteiger partial charge in [-0.3, -0.25) is 9.59 Å². The van der Waals surface area contributed by atoms with Crippen molar-refractivity contribution in [3.63, 3.8) is 0 Å². The van der Waals surface area contributed by atoms with Gasteiger partial charge in [-0.05, 0) is 52.2 Å². The van der Waals surface area contributed by atoms with E-state index < -0.39 is 70.8 Å². The van der Waals surface area contributed by atoms with Crippen molar-refractivity contribution in [2.24, 2.45) is 11.8 Å². The molecule has 1 aromatic carbocycles. The maximum atomic E-state index is 14.2. The summed E-state index contributed by atoms with van der Waals surface area (Å²) in [5.74, 6) is -16.0. The van der Waals surface area contributed by atoms with Gasteiger partial charge in [0.1, 0.15) is 11.0 Å². The van der Waals surface area contributed by atoms with E-state index in [0.29, 0.717) is 12.8 Å². The van der Waals surface area contributed by atoms with Crippen LogP contribution in [0.1, 0.15) is 94.7 Å². The number of hydrogen-bond donors (Lipinski definition) is 2. The highest BCUT2D eigenvalue weighted by Gasteiger charge is 2.36. The summed E-state index contributed by atoms with van der Waals surface area (Å²) in [6, 6.07) is -1.43. The SMILES string of the molecule is CCNC(=O)O[C@H](CC(C(C)C)N(C)C(=O)[C@@H](NC(=O)CCCCCN(C)C)[C@@H](C)CC)c1nc(C(=O)Oc2c(F)c(F)c(F)c(F)c2F)cs1. The van der Waals surface area contributed by atoms with Crippen LogP contribution in [0.3, 0.4) is 0 Å². The lowest BCUT2D eigenvalue weighted by Crippen LogP contribution is -2.54. The fraction of sp³-hybridized carbons (Fsp3) is 0.618. The second-order valence-electron chi connectivity index (χ2n) is 12.8. The molecule has 3 amide bonds. The monoisotopic (exact) mass is 749 g/mol. The van der Waals surface area contributed by atoms with Crippen molar-refractivity contribution in [3.05, 3.63) is 45.2 Å². The Balaban J connectivity index is 2.33. The highest BCUT2D eigenvalue weighted by molar-refractivity contribution is 7.09. The van der Waals surface area contributed by atoms with Gasteiger partial charge in [-0.15, -0.1) is 11.3 Å². The zero-order valence-corrected chi connectivity index (χ0v) is 31.0. The van der Waals surface area contributed by atoms with E-state index in [1.165, 1.54) is 4.90 Å². The van der Waals surface area contributed by atoms with Crippen LogP contribution in [0, 0.1) is 40.9 Å². The number of likely N-dealkylation sites (N-methyl/N-ethyl adjacent to an activating group) is 1. The Hall–Kier alpha value is -3.86. The molecule has 1 heterocycles. The van der Waals surface area contributed by atoms with Crippen molar-refractivity contribution >= 4 is 35.2 Å². The Morgan fingerprint density at radius 3 is 2.06 bits per heavy atom. The van der Waals surface area contributed by atoms with Crippen LogP contribution in [0.2, 0.25) is 0 Å². The minimum atomic E-state index is -2.42. The Bertz CT molecular complexity index is 1480. The zero-order chi connectivity index (χ0) is 38.6. The number of amides is 3. The molecule has 0 bridgehead atoms. The van der Waals surface area contributed by atoms with Crippen molar-refractivity contribution in [2.75, 3.05) is 34.2 Å². The molecule has 11 nitrogen and oxygen atoms in total. The molecule has 0 fully saturated rings. The van der Waals surface area contributed by atoms with E-state index in [0.717, 1.165) is 36.1 Å². The number of hydrogen-bond acceptors (Lipinski definition) is 9. The summed E-state index contributed by atoms with van der Waals surface area (Å²) in [4.78, 5) is 59.9. The van der Waals surface area contributed by atoms with Crippen molar-refractivity contribution in [1.82, 2.24) is 25.4 Å². The highest BCUT2D eigenvalue weighted by atomic mass is 32.1. The normalized spacial score (nSPS) is 13.8. The first-order valence-corrected chi connectivity index (χ1v) is 17.7. The van der Waals surface area contributed by atoms with Crippen LogP contribution in [0.5, 0.6) is 5.75 Å². The molecule has 0 saturated carbocycles. The number of aromatic nitrogens is 1. The number of nitrogens with one attached hydrogen (secondary N) is 2. The molecule has 2 N–H and O–H groups in total. The quantitative estimate of drug-likeness (QED) is 0.0424. The molecule has 0 aliphatic rings. The van der Waals surface area contributed by atoms with Crippen LogP contribution < -0.4 is 15.4 Å². The number of carbonyl (C=O) groups is 4. The number of esters is 1. The van der Waals surface area contributed by atoms with Gasteiger partial charge in [0.05, 0.1) is 0 Å². The predicted molar refractivity (Wildman–Crippen MR) is 181 cm³/mol. The number of unbranched alkanes of at least 4 members (excludes halogenated alkanes) is 2. The summed E-state index contributed by atoms with van der Waals surface area (Å²) in [6.07, 6.45) is 1.33. The molecule has 286 valence electrons. The van der Waals surface area contributed by atoms with Gasteiger partial charge < -0.3 is 29.9 Å². The molecule has 51 heavy (non-hydrogen) atoms. The molecule has 0 aliphatic heterocycles. The summed E-state index contributed by atoms with van der Waals surface area (Å²) in [5, 5.41) is 6.53. The third-order valence-electron chi connectivity index (χ3n) is 8.32. The van der Waals surface area contributed by atoms with Crippen LogP contribution in [-0.4, -0.2) is 85.0 Å². The molecule has 0 aliphatic carbocycles. The van der Waals surface area contributed by atoms with E-state index in [4.69, 9.17) is 4.74 Å². The lowest BCUT2D eigenvalue weighted by Gasteiger charge is -2.37. The molecule has 4 atom stereocenters. The first-order valence-electron chi connectivity index (χ1n) is 16.8. The van der Waals surface area contributed by atoms with Crippen molar-refractivity contribution < 1.29 is 50.6 Å². The molecular weight excluding hydrogens is 701 g/mol. The van der Waals surface area contributed by atoms with Crippen LogP contribution in [0.25, 0.3) is 0 Å². The average molecular weight is 750 g/mol. The first kappa shape index (κ1) is 43.3. The Morgan fingerprint density at radius 1 is 0.902 bits per heavy atom. The number of nitrogens with zero attached hydrogens (tertiary/aromatic N) is 3. The lowest BCUT2D eigenvalue weighted by molar-refractivity contribution is -0.140. The van der Waals surface area contributed by atoms with Gasteiger partial charge in [0.15, 0.2) is 11.8 Å². The van der Waals surface area contributed by atoms with Gasteiger partial charge in [-0.1, -0.05) is 40.5 Å². The second-order valence-corrected chi connectivity index (χ2v) is 13.7. The van der Waals surface area contributed by atoms with Gasteiger partial charge in [-0.25, -0.2) is 27.7 Å². The smallest absolute Gasteiger partial charge is 0.407 e. The minimum Gasteiger partial charge on any atom is -0.439 e. The summed E-state index contributed by atoms with van der Waals surface area (Å²) >= 11 is 0.808. The van der Waals surface area contributed by atoms with E-state index in [-0.39, 0.29) is 48.0 Å². The topological polar surface area (TPSA) is 130 Å². The molecule has 2 aromatic rings. The van der Waals surface area contributed by atoms with E-state index in [1.54, 1.807) is 14.0 Å². The van der Waals surface area contributed by atoms with Gasteiger partial charge in [0.25, 0.3) is 0 Å². The van der Waals surface area contributed by atoms with Crippen LogP contribution in [0.15, 0.2) is 5.38 Å². The summed E-state index contributed by atoms with van der Waals surface area (Å²) in [6.45, 7) is 10.2. The number of benzene rings is 1. The summed E-state index contributed by atoms with van der Waals surface area (Å²) in [5.41, 5.74) is -0.560. The number of halogens is 5. The van der Waals surface area contributed by atoms with Crippen LogP contribution in [-0.2, 0) is 14.3 Å². The van der Waals surface area contributed by atoms with E-state index in [9.17, 15) is 41.1 Å². The third-order valence-corrected chi connectivity index (χ3v) is 9.25. The van der Waals surface area contributed by atoms with Crippen LogP contribution in [0.4, 0.5) is 26.7 Å². The van der Waals surface area contributed by atoms with Crippen molar-refractivity contribution in [2.45, 2.75) is 91.3 Å². The zero-order valence-electron chi connectivity index (χ0n) is 30.2. The average Bonchev–Trinajstić information content (AvgIpc) is 3.58. The minimum absolute atomic E-state index is 0.0241. The number of carbonyl (C=O) groups excluding carboxylic acids is 4. The largest absolute Gasteiger partial charge is 0.439 e. The maximum absolute atomic E-state index is 14.2. The lowest BCUT2D eigenvalue weighted by atomic mass is 9.93. The molecule has 0 spiro atoms. The highest BCUT2D eigenvalue weighted by Crippen LogP contribution is 2.33. The molecular formula is C34H48F5N5O6S. The Morgan fingerprint density at radius 2 is 1.51 bits per heavy atom. The van der Waals surface area contributed by atoms with E-state index >= 15 is 0 Å². The fourth-order valence-electron chi connectivity index (χ4n) is 5.16. The van der Waals surface area contributed by atoms with Gasteiger partial charge in [-0.2, -0.15) is 8.78 Å².